The van der Waals surface area contributed by atoms with Crippen molar-refractivity contribution in [2.24, 2.45) is 5.73 Å². The molecule has 4 N–H and O–H groups in total. The lowest BCUT2D eigenvalue weighted by Crippen LogP contribution is -2.39. The van der Waals surface area contributed by atoms with Gasteiger partial charge in [-0.15, -0.1) is 0 Å². The fourth-order valence-electron chi connectivity index (χ4n) is 1.25. The van der Waals surface area contributed by atoms with E-state index in [-0.39, 0.29) is 4.90 Å². The Labute approximate surface area is 121 Å². The van der Waals surface area contributed by atoms with Gasteiger partial charge in [-0.1, -0.05) is 17.7 Å². The summed E-state index contributed by atoms with van der Waals surface area (Å²) < 4.78 is 25.5. The van der Waals surface area contributed by atoms with Crippen LogP contribution in [0.1, 0.15) is 5.56 Å². The first-order valence-corrected chi connectivity index (χ1v) is 6.99. The molecular weight excluding hydrogens is 294 g/mol. The zero-order chi connectivity index (χ0) is 16.0. The molecule has 2 amide bonds. The number of rotatable bonds is 3. The van der Waals surface area contributed by atoms with Crippen molar-refractivity contribution in [1.82, 2.24) is 10.0 Å². The molecule has 0 aliphatic carbocycles. The van der Waals surface area contributed by atoms with Gasteiger partial charge in [0, 0.05) is 0 Å². The van der Waals surface area contributed by atoms with E-state index in [2.05, 4.69) is 0 Å². The number of nitrogens with zero attached hydrogens (tertiary/aromatic N) is 2. The summed E-state index contributed by atoms with van der Waals surface area (Å²) in [6.07, 6.45) is 0. The number of urea groups is 1. The second kappa shape index (κ2) is 6.41. The molecule has 0 aromatic heterocycles. The summed E-state index contributed by atoms with van der Waals surface area (Å²) in [6.45, 7) is 1.78. The summed E-state index contributed by atoms with van der Waals surface area (Å²) in [5, 5.41) is 19.1. The molecule has 0 radical (unpaired) electrons. The summed E-state index contributed by atoms with van der Waals surface area (Å²) in [4.78, 5) is 11.4. The number of carbonyl (C=O) groups is 1. The number of nitrogens with one attached hydrogen (secondary N) is 2. The zero-order valence-corrected chi connectivity index (χ0v) is 11.7. The van der Waals surface area contributed by atoms with E-state index in [0.717, 1.165) is 5.56 Å². The van der Waals surface area contributed by atoms with Gasteiger partial charge in [0.2, 0.25) is 0 Å². The third kappa shape index (κ3) is 4.23. The fraction of sp³-hybridized carbons (Fsp3) is 0.0833. The number of hydrogen-bond acceptors (Lipinski definition) is 6. The van der Waals surface area contributed by atoms with Crippen molar-refractivity contribution >= 4 is 16.1 Å². The van der Waals surface area contributed by atoms with Crippen LogP contribution in [0, 0.1) is 29.6 Å². The minimum Gasteiger partial charge on any atom is -0.388 e. The van der Waals surface area contributed by atoms with E-state index in [9.17, 15) is 13.2 Å². The summed E-state index contributed by atoms with van der Waals surface area (Å²) in [5.74, 6) is 0. The van der Waals surface area contributed by atoms with Gasteiger partial charge in [-0.25, -0.2) is 17.9 Å². The first-order valence-electron chi connectivity index (χ1n) is 5.50. The second-order valence-corrected chi connectivity index (χ2v) is 5.57. The molecule has 0 bridgehead atoms. The van der Waals surface area contributed by atoms with Crippen LogP contribution in [-0.4, -0.2) is 14.4 Å². The molecule has 1 aromatic rings. The van der Waals surface area contributed by atoms with Crippen LogP contribution in [0.25, 0.3) is 0 Å². The molecule has 1 aromatic carbocycles. The summed E-state index contributed by atoms with van der Waals surface area (Å²) in [5.41, 5.74) is 4.97. The van der Waals surface area contributed by atoms with E-state index >= 15 is 0 Å². The molecule has 1 rings (SSSR count). The molecule has 0 spiro atoms. The maximum absolute atomic E-state index is 11.9. The van der Waals surface area contributed by atoms with Crippen molar-refractivity contribution in [1.29, 1.82) is 10.5 Å². The maximum Gasteiger partial charge on any atom is 0.333 e. The molecule has 0 aliphatic heterocycles. The number of benzene rings is 1. The van der Waals surface area contributed by atoms with Crippen molar-refractivity contribution in [2.75, 3.05) is 0 Å². The van der Waals surface area contributed by atoms with Crippen molar-refractivity contribution in [3.63, 3.8) is 0 Å². The Hall–Kier alpha value is -3.04. The van der Waals surface area contributed by atoms with Crippen molar-refractivity contribution < 1.29 is 13.2 Å². The normalized spacial score (nSPS) is 11.6. The first kappa shape index (κ1) is 16.0. The van der Waals surface area contributed by atoms with Gasteiger partial charge in [0.25, 0.3) is 10.0 Å². The largest absolute Gasteiger partial charge is 0.388 e. The molecule has 0 fully saturated rings. The average molecular weight is 305 g/mol. The van der Waals surface area contributed by atoms with Gasteiger partial charge in [0.15, 0.2) is 5.70 Å². The van der Waals surface area contributed by atoms with Crippen LogP contribution in [-0.2, 0) is 10.0 Å². The molecule has 0 heterocycles. The SMILES string of the molecule is Cc1ccc(S(=O)(=O)NC(=O)N/C(C#N)=C(\N)C#N)cc1. The predicted octanol–water partition coefficient (Wildman–Crippen LogP) is 0.200. The van der Waals surface area contributed by atoms with Gasteiger partial charge in [-0.05, 0) is 19.1 Å². The molecule has 0 atom stereocenters. The van der Waals surface area contributed by atoms with Gasteiger partial charge in [-0.2, -0.15) is 10.5 Å². The number of amides is 2. The number of allylic oxidation sites excluding steroid dienone is 2. The molecule has 108 valence electrons. The van der Waals surface area contributed by atoms with Crippen molar-refractivity contribution in [2.45, 2.75) is 11.8 Å². The van der Waals surface area contributed by atoms with E-state index in [1.165, 1.54) is 24.3 Å². The Morgan fingerprint density at radius 1 is 1.19 bits per heavy atom. The van der Waals surface area contributed by atoms with E-state index in [4.69, 9.17) is 16.3 Å². The Bertz CT molecular complexity index is 767. The van der Waals surface area contributed by atoms with Crippen LogP contribution in [0.2, 0.25) is 0 Å². The minimum absolute atomic E-state index is 0.112. The molecule has 0 unspecified atom stereocenters. The van der Waals surface area contributed by atoms with Crippen LogP contribution < -0.4 is 15.8 Å². The summed E-state index contributed by atoms with van der Waals surface area (Å²) in [7, 11) is -4.08. The van der Waals surface area contributed by atoms with Crippen LogP contribution in [0.5, 0.6) is 0 Å². The molecule has 21 heavy (non-hydrogen) atoms. The molecule has 0 saturated heterocycles. The second-order valence-electron chi connectivity index (χ2n) is 3.88. The Balaban J connectivity index is 2.91. The first-order chi connectivity index (χ1) is 9.80. The third-order valence-electron chi connectivity index (χ3n) is 2.30. The van der Waals surface area contributed by atoms with Gasteiger partial charge >= 0.3 is 6.03 Å². The number of hydrogen-bond donors (Lipinski definition) is 3. The van der Waals surface area contributed by atoms with E-state index in [0.29, 0.717) is 0 Å². The highest BCUT2D eigenvalue weighted by molar-refractivity contribution is 7.90. The highest BCUT2D eigenvalue weighted by Gasteiger charge is 2.18. The topological polar surface area (TPSA) is 149 Å². The molecule has 0 aliphatic rings. The molecule has 9 heteroatoms. The number of carbonyl (C=O) groups excluding carboxylic acids is 1. The summed E-state index contributed by atoms with van der Waals surface area (Å²) >= 11 is 0. The van der Waals surface area contributed by atoms with Crippen molar-refractivity contribution in [3.8, 4) is 12.1 Å². The van der Waals surface area contributed by atoms with E-state index < -0.39 is 27.4 Å². The third-order valence-corrected chi connectivity index (χ3v) is 3.65. The average Bonchev–Trinajstić information content (AvgIpc) is 2.43. The van der Waals surface area contributed by atoms with Crippen LogP contribution in [0.3, 0.4) is 0 Å². The quantitative estimate of drug-likeness (QED) is 0.679. The smallest absolute Gasteiger partial charge is 0.333 e. The van der Waals surface area contributed by atoms with Crippen LogP contribution in [0.15, 0.2) is 40.6 Å². The van der Waals surface area contributed by atoms with Gasteiger partial charge in [-0.3, -0.25) is 5.32 Å². The Morgan fingerprint density at radius 2 is 1.76 bits per heavy atom. The number of nitriles is 2. The van der Waals surface area contributed by atoms with Crippen LogP contribution in [0.4, 0.5) is 4.79 Å². The van der Waals surface area contributed by atoms with Gasteiger partial charge in [0.1, 0.15) is 17.8 Å². The van der Waals surface area contributed by atoms with Crippen LogP contribution >= 0.6 is 0 Å². The highest BCUT2D eigenvalue weighted by Crippen LogP contribution is 2.09. The maximum atomic E-state index is 11.9. The fourth-order valence-corrected chi connectivity index (χ4v) is 2.16. The monoisotopic (exact) mass is 305 g/mol. The Morgan fingerprint density at radius 3 is 2.24 bits per heavy atom. The number of aryl methyl sites for hydroxylation is 1. The summed E-state index contributed by atoms with van der Waals surface area (Å²) in [6, 6.07) is 7.56. The zero-order valence-electron chi connectivity index (χ0n) is 10.9. The molecule has 8 nitrogen and oxygen atoms in total. The van der Waals surface area contributed by atoms with Crippen molar-refractivity contribution in [3.05, 3.63) is 41.2 Å². The lowest BCUT2D eigenvalue weighted by Gasteiger charge is -2.08. The molecular formula is C12H11N5O3S. The minimum atomic E-state index is -4.08. The van der Waals surface area contributed by atoms with Gasteiger partial charge in [0.05, 0.1) is 4.90 Å². The lowest BCUT2D eigenvalue weighted by atomic mass is 10.2. The van der Waals surface area contributed by atoms with Gasteiger partial charge < -0.3 is 5.73 Å². The Kier molecular flexibility index (Phi) is 4.89. The molecule has 0 saturated carbocycles. The standard InChI is InChI=1S/C12H11N5O3S/c1-8-2-4-9(5-3-8)21(19,20)17-12(18)16-11(7-14)10(15)6-13/h2-5H,15H2,1H3,(H2,16,17,18)/b11-10-. The predicted molar refractivity (Wildman–Crippen MR) is 72.5 cm³/mol. The number of sulfonamides is 1. The van der Waals surface area contributed by atoms with E-state index in [1.807, 2.05) is 5.32 Å². The lowest BCUT2D eigenvalue weighted by molar-refractivity contribution is 0.248. The number of nitrogens with two attached hydrogens (primary N) is 1. The van der Waals surface area contributed by atoms with E-state index in [1.54, 1.807) is 23.8 Å². The highest BCUT2D eigenvalue weighted by atomic mass is 32.2.